The first kappa shape index (κ1) is 27.7. The van der Waals surface area contributed by atoms with Gasteiger partial charge in [-0.15, -0.1) is 0 Å². The van der Waals surface area contributed by atoms with Gasteiger partial charge in [0.15, 0.2) is 0 Å². The fraction of sp³-hybridized carbons (Fsp3) is 0.615. The maximum Gasteiger partial charge on any atom is 0.228 e. The van der Waals surface area contributed by atoms with E-state index in [1.54, 1.807) is 15.5 Å². The number of sulfone groups is 1. The van der Waals surface area contributed by atoms with Crippen molar-refractivity contribution in [2.24, 2.45) is 5.92 Å². The zero-order valence-electron chi connectivity index (χ0n) is 21.6. The van der Waals surface area contributed by atoms with Crippen molar-refractivity contribution in [2.45, 2.75) is 56.8 Å². The first-order valence-corrected chi connectivity index (χ1v) is 14.6. The number of ether oxygens (including phenoxy) is 2. The summed E-state index contributed by atoms with van der Waals surface area (Å²) < 4.78 is 54.0. The van der Waals surface area contributed by atoms with Gasteiger partial charge in [-0.25, -0.2) is 17.8 Å². The molecular weight excluding hydrogens is 499 g/mol. The van der Waals surface area contributed by atoms with E-state index in [4.69, 9.17) is 9.47 Å². The molecule has 1 amide bonds. The summed E-state index contributed by atoms with van der Waals surface area (Å²) in [6, 6.07) is 5.86. The van der Waals surface area contributed by atoms with Crippen LogP contribution in [0.1, 0.15) is 37.9 Å². The standard InChI is InChI=1S/C26H37FN4O5S/c1-20(2)25(32)30(10-9-29-11-14-35-15-12-29)17-22-16-28-26(31(22)18-23-7-5-13-36-23)37(33,34)19-21-6-3-4-8-24(21)27/h3-4,6,8,16,20,23H,5,7,9-15,17-19H2,1-2H3/t23-/m1/s1. The second kappa shape index (κ2) is 12.5. The number of nitrogens with zero attached hydrogens (tertiary/aromatic N) is 4. The van der Waals surface area contributed by atoms with Crippen LogP contribution in [-0.4, -0.2) is 85.8 Å². The molecule has 0 saturated carbocycles. The van der Waals surface area contributed by atoms with Crippen LogP contribution in [0.5, 0.6) is 0 Å². The Bertz CT molecular complexity index is 1160. The lowest BCUT2D eigenvalue weighted by Crippen LogP contribution is -2.44. The van der Waals surface area contributed by atoms with Gasteiger partial charge in [0.2, 0.25) is 20.9 Å². The fourth-order valence-electron chi connectivity index (χ4n) is 4.75. The molecule has 3 heterocycles. The van der Waals surface area contributed by atoms with Crippen molar-refractivity contribution in [2.75, 3.05) is 46.0 Å². The summed E-state index contributed by atoms with van der Waals surface area (Å²) in [4.78, 5) is 21.5. The van der Waals surface area contributed by atoms with Crippen molar-refractivity contribution in [1.29, 1.82) is 0 Å². The third-order valence-corrected chi connectivity index (χ3v) is 8.41. The van der Waals surface area contributed by atoms with Gasteiger partial charge in [-0.05, 0) is 18.9 Å². The van der Waals surface area contributed by atoms with E-state index in [1.807, 2.05) is 13.8 Å². The molecule has 1 aromatic carbocycles. The molecule has 204 valence electrons. The number of carbonyl (C=O) groups excluding carboxylic acids is 1. The zero-order chi connectivity index (χ0) is 26.4. The highest BCUT2D eigenvalue weighted by Crippen LogP contribution is 2.23. The summed E-state index contributed by atoms with van der Waals surface area (Å²) in [5.41, 5.74) is 0.719. The van der Waals surface area contributed by atoms with Crippen LogP contribution in [0.3, 0.4) is 0 Å². The lowest BCUT2D eigenvalue weighted by atomic mass is 10.2. The number of rotatable bonds is 11. The highest BCUT2D eigenvalue weighted by molar-refractivity contribution is 7.90. The molecule has 0 unspecified atom stereocenters. The number of amides is 1. The van der Waals surface area contributed by atoms with Gasteiger partial charge in [-0.1, -0.05) is 32.0 Å². The number of hydrogen-bond donors (Lipinski definition) is 0. The molecule has 37 heavy (non-hydrogen) atoms. The Morgan fingerprint density at radius 3 is 2.65 bits per heavy atom. The molecule has 0 N–H and O–H groups in total. The van der Waals surface area contributed by atoms with E-state index in [1.165, 1.54) is 24.4 Å². The average molecular weight is 537 g/mol. The monoisotopic (exact) mass is 536 g/mol. The number of aromatic nitrogens is 2. The summed E-state index contributed by atoms with van der Waals surface area (Å²) in [5.74, 6) is -1.27. The smallest absolute Gasteiger partial charge is 0.228 e. The van der Waals surface area contributed by atoms with Crippen LogP contribution >= 0.6 is 0 Å². The predicted molar refractivity (Wildman–Crippen MR) is 136 cm³/mol. The van der Waals surface area contributed by atoms with E-state index < -0.39 is 21.4 Å². The SMILES string of the molecule is CC(C)C(=O)N(CCN1CCOCC1)Cc1cnc(S(=O)(=O)Cc2ccccc2F)n1C[C@H]1CCCO1. The van der Waals surface area contributed by atoms with Crippen molar-refractivity contribution in [3.05, 3.63) is 47.5 Å². The molecule has 2 aliphatic heterocycles. The molecule has 2 fully saturated rings. The molecule has 2 saturated heterocycles. The lowest BCUT2D eigenvalue weighted by Gasteiger charge is -2.31. The van der Waals surface area contributed by atoms with Crippen molar-refractivity contribution >= 4 is 15.7 Å². The third-order valence-electron chi connectivity index (χ3n) is 6.84. The number of morpholine rings is 1. The van der Waals surface area contributed by atoms with E-state index in [0.29, 0.717) is 45.1 Å². The molecule has 2 aliphatic rings. The fourth-order valence-corrected chi connectivity index (χ4v) is 6.27. The Balaban J connectivity index is 1.60. The first-order chi connectivity index (χ1) is 17.7. The Kier molecular flexibility index (Phi) is 9.33. The van der Waals surface area contributed by atoms with Crippen molar-refractivity contribution in [1.82, 2.24) is 19.4 Å². The molecular formula is C26H37FN4O5S. The van der Waals surface area contributed by atoms with E-state index in [-0.39, 0.29) is 35.2 Å². The summed E-state index contributed by atoms with van der Waals surface area (Å²) in [7, 11) is -3.96. The molecule has 1 atom stereocenters. The molecule has 1 aromatic heterocycles. The van der Waals surface area contributed by atoms with Crippen LogP contribution in [-0.2, 0) is 42.9 Å². The minimum absolute atomic E-state index is 0.00566. The summed E-state index contributed by atoms with van der Waals surface area (Å²) in [6.07, 6.45) is 3.11. The molecule has 11 heteroatoms. The topological polar surface area (TPSA) is 94.0 Å². The lowest BCUT2D eigenvalue weighted by molar-refractivity contribution is -0.135. The quantitative estimate of drug-likeness (QED) is 0.436. The molecule has 0 bridgehead atoms. The maximum absolute atomic E-state index is 14.3. The van der Waals surface area contributed by atoms with Gasteiger partial charge in [0, 0.05) is 44.3 Å². The number of imidazole rings is 1. The van der Waals surface area contributed by atoms with Gasteiger partial charge in [-0.3, -0.25) is 9.69 Å². The first-order valence-electron chi connectivity index (χ1n) is 13.0. The molecule has 0 radical (unpaired) electrons. The van der Waals surface area contributed by atoms with Crippen molar-refractivity contribution in [3.8, 4) is 0 Å². The van der Waals surface area contributed by atoms with E-state index in [9.17, 15) is 17.6 Å². The van der Waals surface area contributed by atoms with Crippen LogP contribution in [0.15, 0.2) is 35.6 Å². The normalized spacial score (nSPS) is 19.0. The molecule has 2 aromatic rings. The summed E-state index contributed by atoms with van der Waals surface area (Å²) in [6.45, 7) is 9.10. The average Bonchev–Trinajstić information content (AvgIpc) is 3.54. The number of carbonyl (C=O) groups is 1. The van der Waals surface area contributed by atoms with Crippen LogP contribution in [0, 0.1) is 11.7 Å². The Morgan fingerprint density at radius 2 is 1.97 bits per heavy atom. The Labute approximate surface area is 218 Å². The number of benzene rings is 1. The van der Waals surface area contributed by atoms with Gasteiger partial charge < -0.3 is 18.9 Å². The van der Waals surface area contributed by atoms with Crippen LogP contribution < -0.4 is 0 Å². The van der Waals surface area contributed by atoms with Gasteiger partial charge in [0.25, 0.3) is 0 Å². The van der Waals surface area contributed by atoms with Gasteiger partial charge in [0.05, 0.1) is 50.1 Å². The van der Waals surface area contributed by atoms with Crippen LogP contribution in [0.25, 0.3) is 0 Å². The summed E-state index contributed by atoms with van der Waals surface area (Å²) >= 11 is 0. The number of hydrogen-bond acceptors (Lipinski definition) is 7. The minimum Gasteiger partial charge on any atom is -0.379 e. The van der Waals surface area contributed by atoms with E-state index >= 15 is 0 Å². The highest BCUT2D eigenvalue weighted by atomic mass is 32.2. The van der Waals surface area contributed by atoms with E-state index in [0.717, 1.165) is 25.9 Å². The van der Waals surface area contributed by atoms with Crippen molar-refractivity contribution in [3.63, 3.8) is 0 Å². The molecule has 0 aliphatic carbocycles. The Morgan fingerprint density at radius 1 is 1.22 bits per heavy atom. The third kappa shape index (κ3) is 7.16. The zero-order valence-corrected chi connectivity index (χ0v) is 22.5. The Hall–Kier alpha value is -2.34. The van der Waals surface area contributed by atoms with Crippen molar-refractivity contribution < 1.29 is 27.1 Å². The predicted octanol–water partition coefficient (Wildman–Crippen LogP) is 2.49. The van der Waals surface area contributed by atoms with E-state index in [2.05, 4.69) is 9.88 Å². The van der Waals surface area contributed by atoms with Gasteiger partial charge in [0.1, 0.15) is 5.82 Å². The second-order valence-electron chi connectivity index (χ2n) is 10.00. The highest BCUT2D eigenvalue weighted by Gasteiger charge is 2.29. The largest absolute Gasteiger partial charge is 0.379 e. The second-order valence-corrected chi connectivity index (χ2v) is 11.9. The van der Waals surface area contributed by atoms with Crippen LogP contribution in [0.2, 0.25) is 0 Å². The molecule has 9 nitrogen and oxygen atoms in total. The van der Waals surface area contributed by atoms with Gasteiger partial charge >= 0.3 is 0 Å². The molecule has 4 rings (SSSR count). The molecule has 0 spiro atoms. The van der Waals surface area contributed by atoms with Gasteiger partial charge in [-0.2, -0.15) is 0 Å². The maximum atomic E-state index is 14.3. The summed E-state index contributed by atoms with van der Waals surface area (Å²) in [5, 5.41) is -0.119. The minimum atomic E-state index is -3.96. The van der Waals surface area contributed by atoms with Crippen LogP contribution in [0.4, 0.5) is 4.39 Å². The number of halogens is 1.